The van der Waals surface area contributed by atoms with Crippen LogP contribution in [0.5, 0.6) is 11.5 Å². The van der Waals surface area contributed by atoms with Gasteiger partial charge >= 0.3 is 0 Å². The predicted octanol–water partition coefficient (Wildman–Crippen LogP) is 1.40. The minimum absolute atomic E-state index is 0.265. The van der Waals surface area contributed by atoms with Crippen molar-refractivity contribution in [2.45, 2.75) is 0 Å². The molecule has 0 saturated carbocycles. The second-order valence-electron chi connectivity index (χ2n) is 6.33. The van der Waals surface area contributed by atoms with Gasteiger partial charge in [0.15, 0.2) is 11.5 Å². The number of aromatic nitrogens is 1. The molecule has 8 nitrogen and oxygen atoms in total. The van der Waals surface area contributed by atoms with Crippen molar-refractivity contribution in [1.29, 1.82) is 0 Å². The quantitative estimate of drug-likeness (QED) is 0.798. The van der Waals surface area contributed by atoms with Crippen molar-refractivity contribution in [1.82, 2.24) is 15.2 Å². The van der Waals surface area contributed by atoms with Crippen molar-refractivity contribution in [2.75, 3.05) is 45.7 Å². The third kappa shape index (κ3) is 4.95. The zero-order chi connectivity index (χ0) is 19.2. The lowest BCUT2D eigenvalue weighted by Gasteiger charge is -2.19. The Labute approximate surface area is 157 Å². The first kappa shape index (κ1) is 18.7. The van der Waals surface area contributed by atoms with Crippen LogP contribution in [0, 0.1) is 0 Å². The van der Waals surface area contributed by atoms with Crippen molar-refractivity contribution < 1.29 is 19.1 Å². The molecular weight excluding hydrogens is 348 g/mol. The van der Waals surface area contributed by atoms with Gasteiger partial charge < -0.3 is 25.0 Å². The molecule has 1 aliphatic heterocycles. The number of pyridine rings is 1. The molecule has 0 radical (unpaired) electrons. The van der Waals surface area contributed by atoms with Gasteiger partial charge in [-0.25, -0.2) is 0 Å². The van der Waals surface area contributed by atoms with E-state index in [2.05, 4.69) is 15.6 Å². The number of hydrogen-bond donors (Lipinski definition) is 2. The molecule has 1 aromatic carbocycles. The number of nitrogens with zero attached hydrogens (tertiary/aromatic N) is 2. The maximum atomic E-state index is 12.5. The first-order valence-electron chi connectivity index (χ1n) is 8.62. The molecule has 142 valence electrons. The fraction of sp³-hybridized carbons (Fsp3) is 0.316. The van der Waals surface area contributed by atoms with Crippen molar-refractivity contribution in [3.63, 3.8) is 0 Å². The van der Waals surface area contributed by atoms with E-state index in [0.29, 0.717) is 48.1 Å². The molecule has 1 aromatic heterocycles. The molecule has 0 fully saturated rings. The number of fused-ring (bicyclic) bond motifs is 1. The maximum Gasteiger partial charge on any atom is 0.257 e. The van der Waals surface area contributed by atoms with Crippen LogP contribution in [0.1, 0.15) is 20.7 Å². The van der Waals surface area contributed by atoms with Gasteiger partial charge in [-0.1, -0.05) is 0 Å². The lowest BCUT2D eigenvalue weighted by atomic mass is 10.1. The number of anilines is 1. The highest BCUT2D eigenvalue weighted by molar-refractivity contribution is 6.06. The van der Waals surface area contributed by atoms with Crippen molar-refractivity contribution >= 4 is 17.5 Å². The van der Waals surface area contributed by atoms with E-state index in [-0.39, 0.29) is 11.8 Å². The van der Waals surface area contributed by atoms with E-state index in [9.17, 15) is 9.59 Å². The normalized spacial score (nSPS) is 12.6. The van der Waals surface area contributed by atoms with Crippen LogP contribution in [0.3, 0.4) is 0 Å². The Morgan fingerprint density at radius 1 is 1.04 bits per heavy atom. The summed E-state index contributed by atoms with van der Waals surface area (Å²) in [6, 6.07) is 6.70. The second kappa shape index (κ2) is 8.50. The molecule has 0 unspecified atom stereocenters. The Kier molecular flexibility index (Phi) is 5.87. The number of carbonyl (C=O) groups excluding carboxylic acids is 2. The molecular formula is C19H22N4O4. The zero-order valence-electron chi connectivity index (χ0n) is 15.3. The molecule has 0 bridgehead atoms. The number of nitrogens with one attached hydrogen (secondary N) is 2. The molecule has 0 saturated heterocycles. The summed E-state index contributed by atoms with van der Waals surface area (Å²) < 4.78 is 11.0. The van der Waals surface area contributed by atoms with Crippen molar-refractivity contribution in [2.24, 2.45) is 0 Å². The van der Waals surface area contributed by atoms with Gasteiger partial charge in [0, 0.05) is 37.2 Å². The van der Waals surface area contributed by atoms with E-state index in [1.165, 1.54) is 18.5 Å². The third-order valence-corrected chi connectivity index (χ3v) is 3.91. The van der Waals surface area contributed by atoms with Gasteiger partial charge in [0.05, 0.1) is 11.1 Å². The standard InChI is InChI=1S/C19H22N4O4/c1-23(2)6-5-21-18(24)13-9-14(12-20-11-13)19(25)22-15-3-4-16-17(10-15)27-8-7-26-16/h3-4,9-12H,5-8H2,1-2H3,(H,21,24)(H,22,25). The summed E-state index contributed by atoms with van der Waals surface area (Å²) in [6.45, 7) is 2.22. The predicted molar refractivity (Wildman–Crippen MR) is 101 cm³/mol. The largest absolute Gasteiger partial charge is 0.486 e. The van der Waals surface area contributed by atoms with E-state index in [1.54, 1.807) is 18.2 Å². The molecule has 27 heavy (non-hydrogen) atoms. The van der Waals surface area contributed by atoms with Gasteiger partial charge in [-0.05, 0) is 32.3 Å². The third-order valence-electron chi connectivity index (χ3n) is 3.91. The van der Waals surface area contributed by atoms with Crippen LogP contribution in [0.2, 0.25) is 0 Å². The molecule has 2 amide bonds. The van der Waals surface area contributed by atoms with Crippen LogP contribution in [0.15, 0.2) is 36.7 Å². The first-order chi connectivity index (χ1) is 13.0. The molecule has 2 aromatic rings. The number of rotatable bonds is 6. The highest BCUT2D eigenvalue weighted by atomic mass is 16.6. The molecule has 2 N–H and O–H groups in total. The number of amides is 2. The Bertz CT molecular complexity index is 838. The van der Waals surface area contributed by atoms with Crippen LogP contribution in [0.4, 0.5) is 5.69 Å². The summed E-state index contributed by atoms with van der Waals surface area (Å²) in [5.41, 5.74) is 1.21. The van der Waals surface area contributed by atoms with Gasteiger partial charge in [0.25, 0.3) is 11.8 Å². The molecule has 2 heterocycles. The lowest BCUT2D eigenvalue weighted by Crippen LogP contribution is -2.31. The Balaban J connectivity index is 1.65. The summed E-state index contributed by atoms with van der Waals surface area (Å²) in [6.07, 6.45) is 2.86. The summed E-state index contributed by atoms with van der Waals surface area (Å²) in [4.78, 5) is 30.7. The van der Waals surface area contributed by atoms with Crippen LogP contribution in [-0.2, 0) is 0 Å². The van der Waals surface area contributed by atoms with E-state index < -0.39 is 0 Å². The number of ether oxygens (including phenoxy) is 2. The Hall–Kier alpha value is -3.13. The van der Waals surface area contributed by atoms with E-state index >= 15 is 0 Å². The Morgan fingerprint density at radius 2 is 1.74 bits per heavy atom. The number of benzene rings is 1. The average molecular weight is 370 g/mol. The van der Waals surface area contributed by atoms with E-state index in [1.807, 2.05) is 19.0 Å². The molecule has 0 atom stereocenters. The van der Waals surface area contributed by atoms with E-state index in [4.69, 9.17) is 9.47 Å². The molecule has 8 heteroatoms. The highest BCUT2D eigenvalue weighted by Gasteiger charge is 2.15. The number of hydrogen-bond acceptors (Lipinski definition) is 6. The zero-order valence-corrected chi connectivity index (χ0v) is 15.3. The fourth-order valence-corrected chi connectivity index (χ4v) is 2.51. The van der Waals surface area contributed by atoms with Crippen LogP contribution < -0.4 is 20.1 Å². The van der Waals surface area contributed by atoms with Gasteiger partial charge in [0.1, 0.15) is 13.2 Å². The topological polar surface area (TPSA) is 92.8 Å². The number of carbonyl (C=O) groups is 2. The fourth-order valence-electron chi connectivity index (χ4n) is 2.51. The second-order valence-corrected chi connectivity index (χ2v) is 6.33. The van der Waals surface area contributed by atoms with Crippen LogP contribution in [0.25, 0.3) is 0 Å². The van der Waals surface area contributed by atoms with Crippen LogP contribution >= 0.6 is 0 Å². The average Bonchev–Trinajstić information content (AvgIpc) is 2.67. The molecule has 1 aliphatic rings. The molecule has 0 aliphatic carbocycles. The summed E-state index contributed by atoms with van der Waals surface area (Å²) in [5.74, 6) is 0.615. The van der Waals surface area contributed by atoms with Gasteiger partial charge in [-0.2, -0.15) is 0 Å². The first-order valence-corrected chi connectivity index (χ1v) is 8.62. The van der Waals surface area contributed by atoms with E-state index in [0.717, 1.165) is 6.54 Å². The minimum Gasteiger partial charge on any atom is -0.486 e. The minimum atomic E-state index is -0.359. The van der Waals surface area contributed by atoms with Crippen molar-refractivity contribution in [3.05, 3.63) is 47.8 Å². The molecule has 0 spiro atoms. The Morgan fingerprint density at radius 3 is 2.48 bits per heavy atom. The SMILES string of the molecule is CN(C)CCNC(=O)c1cncc(C(=O)Nc2ccc3c(c2)OCCO3)c1. The van der Waals surface area contributed by atoms with Gasteiger partial charge in [-0.3, -0.25) is 14.6 Å². The maximum absolute atomic E-state index is 12.5. The number of likely N-dealkylation sites (N-methyl/N-ethyl adjacent to an activating group) is 1. The summed E-state index contributed by atoms with van der Waals surface area (Å²) in [7, 11) is 3.85. The monoisotopic (exact) mass is 370 g/mol. The summed E-state index contributed by atoms with van der Waals surface area (Å²) in [5, 5.41) is 5.58. The highest BCUT2D eigenvalue weighted by Crippen LogP contribution is 2.32. The summed E-state index contributed by atoms with van der Waals surface area (Å²) >= 11 is 0. The van der Waals surface area contributed by atoms with Gasteiger partial charge in [-0.15, -0.1) is 0 Å². The lowest BCUT2D eigenvalue weighted by molar-refractivity contribution is 0.0950. The van der Waals surface area contributed by atoms with Crippen LogP contribution in [-0.4, -0.2) is 62.1 Å². The molecule has 3 rings (SSSR count). The van der Waals surface area contributed by atoms with Crippen molar-refractivity contribution in [3.8, 4) is 11.5 Å². The smallest absolute Gasteiger partial charge is 0.257 e. The van der Waals surface area contributed by atoms with Gasteiger partial charge in [0.2, 0.25) is 0 Å².